The second-order valence-electron chi connectivity index (χ2n) is 3.58. The Morgan fingerprint density at radius 3 is 2.56 bits per heavy atom. The van der Waals surface area contributed by atoms with Gasteiger partial charge in [0.05, 0.1) is 13.0 Å². The van der Waals surface area contributed by atoms with Crippen molar-refractivity contribution in [3.05, 3.63) is 34.9 Å². The predicted molar refractivity (Wildman–Crippen MR) is 56.1 cm³/mol. The van der Waals surface area contributed by atoms with Gasteiger partial charge in [0, 0.05) is 5.56 Å². The van der Waals surface area contributed by atoms with Gasteiger partial charge in [-0.05, 0) is 25.0 Å². The van der Waals surface area contributed by atoms with Crippen LogP contribution in [-0.2, 0) is 9.53 Å². The summed E-state index contributed by atoms with van der Waals surface area (Å²) in [6.45, 7) is 3.21. The number of hydrogen-bond donors (Lipinski definition) is 0. The minimum atomic E-state index is -0.884. The molecule has 88 valence electrons. The zero-order valence-corrected chi connectivity index (χ0v) is 9.51. The number of benzene rings is 1. The van der Waals surface area contributed by atoms with Crippen molar-refractivity contribution in [2.45, 2.75) is 26.2 Å². The normalized spacial score (nSPS) is 12.3. The summed E-state index contributed by atoms with van der Waals surface area (Å²) in [4.78, 5) is 11.4. The van der Waals surface area contributed by atoms with Gasteiger partial charge in [-0.15, -0.1) is 0 Å². The predicted octanol–water partition coefficient (Wildman–Crippen LogP) is 2.94. The second-order valence-corrected chi connectivity index (χ2v) is 3.58. The van der Waals surface area contributed by atoms with Crippen LogP contribution in [0.1, 0.15) is 30.4 Å². The molecule has 0 saturated carbocycles. The van der Waals surface area contributed by atoms with Gasteiger partial charge in [0.1, 0.15) is 11.6 Å². The smallest absolute Gasteiger partial charge is 0.313 e. The number of aryl methyl sites for hydroxylation is 1. The molecule has 16 heavy (non-hydrogen) atoms. The van der Waals surface area contributed by atoms with Gasteiger partial charge in [-0.1, -0.05) is 13.0 Å². The monoisotopic (exact) mass is 228 g/mol. The first-order chi connectivity index (χ1) is 7.52. The average Bonchev–Trinajstić information content (AvgIpc) is 2.28. The first-order valence-electron chi connectivity index (χ1n) is 5.05. The van der Waals surface area contributed by atoms with Crippen LogP contribution in [0.25, 0.3) is 0 Å². The third kappa shape index (κ3) is 2.21. The van der Waals surface area contributed by atoms with Crippen molar-refractivity contribution in [3.8, 4) is 0 Å². The van der Waals surface area contributed by atoms with Crippen LogP contribution in [0.4, 0.5) is 8.78 Å². The summed E-state index contributed by atoms with van der Waals surface area (Å²) in [5.41, 5.74) is 0.119. The molecule has 1 rings (SSSR count). The number of esters is 1. The van der Waals surface area contributed by atoms with Gasteiger partial charge in [-0.2, -0.15) is 0 Å². The molecular weight excluding hydrogens is 214 g/mol. The molecule has 1 atom stereocenters. The fraction of sp³-hybridized carbons (Fsp3) is 0.417. The highest BCUT2D eigenvalue weighted by molar-refractivity contribution is 5.78. The molecule has 0 aromatic heterocycles. The molecular formula is C12H14F2O2. The first-order valence-corrected chi connectivity index (χ1v) is 5.05. The van der Waals surface area contributed by atoms with E-state index in [4.69, 9.17) is 0 Å². The van der Waals surface area contributed by atoms with Crippen LogP contribution in [0.2, 0.25) is 0 Å². The Bertz CT molecular complexity index is 402. The number of carbonyl (C=O) groups excluding carboxylic acids is 1. The molecule has 0 heterocycles. The molecule has 0 saturated heterocycles. The second kappa shape index (κ2) is 5.05. The Labute approximate surface area is 93.2 Å². The molecule has 0 aliphatic rings. The number of rotatable bonds is 3. The molecule has 2 nitrogen and oxygen atoms in total. The number of ether oxygens (including phenoxy) is 1. The minimum Gasteiger partial charge on any atom is -0.469 e. The van der Waals surface area contributed by atoms with E-state index < -0.39 is 23.5 Å². The molecule has 1 aromatic rings. The van der Waals surface area contributed by atoms with Crippen molar-refractivity contribution in [2.75, 3.05) is 7.11 Å². The molecule has 0 N–H and O–H groups in total. The van der Waals surface area contributed by atoms with E-state index in [1.807, 2.05) is 0 Å². The summed E-state index contributed by atoms with van der Waals surface area (Å²) < 4.78 is 31.8. The average molecular weight is 228 g/mol. The van der Waals surface area contributed by atoms with Gasteiger partial charge in [-0.3, -0.25) is 4.79 Å². The summed E-state index contributed by atoms with van der Waals surface area (Å²) in [6.07, 6.45) is 0.296. The molecule has 0 amide bonds. The standard InChI is InChI=1S/C12H14F2O2/c1-4-8(12(15)16-3)10-9(13)6-5-7(2)11(10)14/h5-6,8H,4H2,1-3H3. The van der Waals surface area contributed by atoms with Crippen molar-refractivity contribution in [2.24, 2.45) is 0 Å². The van der Waals surface area contributed by atoms with E-state index in [-0.39, 0.29) is 5.56 Å². The molecule has 0 bridgehead atoms. The van der Waals surface area contributed by atoms with Crippen molar-refractivity contribution in [3.63, 3.8) is 0 Å². The SMILES string of the molecule is CCC(C(=O)OC)c1c(F)ccc(C)c1F. The van der Waals surface area contributed by atoms with E-state index in [0.29, 0.717) is 12.0 Å². The van der Waals surface area contributed by atoms with Crippen molar-refractivity contribution in [1.29, 1.82) is 0 Å². The van der Waals surface area contributed by atoms with Crippen LogP contribution in [0.5, 0.6) is 0 Å². The van der Waals surface area contributed by atoms with Crippen LogP contribution in [0.15, 0.2) is 12.1 Å². The maximum atomic E-state index is 13.7. The van der Waals surface area contributed by atoms with E-state index in [2.05, 4.69) is 4.74 Å². The highest BCUT2D eigenvalue weighted by Crippen LogP contribution is 2.28. The molecule has 0 spiro atoms. The third-order valence-electron chi connectivity index (χ3n) is 2.56. The Morgan fingerprint density at radius 2 is 2.06 bits per heavy atom. The molecule has 1 unspecified atom stereocenters. The molecule has 4 heteroatoms. The van der Waals surface area contributed by atoms with Crippen molar-refractivity contribution >= 4 is 5.97 Å². The van der Waals surface area contributed by atoms with Gasteiger partial charge < -0.3 is 4.74 Å². The highest BCUT2D eigenvalue weighted by Gasteiger charge is 2.26. The summed E-state index contributed by atoms with van der Waals surface area (Å²) >= 11 is 0. The zero-order chi connectivity index (χ0) is 12.3. The van der Waals surface area contributed by atoms with Gasteiger partial charge in [-0.25, -0.2) is 8.78 Å². The van der Waals surface area contributed by atoms with E-state index in [0.717, 1.165) is 0 Å². The zero-order valence-electron chi connectivity index (χ0n) is 9.51. The summed E-state index contributed by atoms with van der Waals surface area (Å²) in [5, 5.41) is 0. The van der Waals surface area contributed by atoms with Gasteiger partial charge >= 0.3 is 5.97 Å². The van der Waals surface area contributed by atoms with Gasteiger partial charge in [0.2, 0.25) is 0 Å². The lowest BCUT2D eigenvalue weighted by Gasteiger charge is -2.15. The van der Waals surface area contributed by atoms with Crippen LogP contribution in [0, 0.1) is 18.6 Å². The van der Waals surface area contributed by atoms with Crippen LogP contribution >= 0.6 is 0 Å². The Balaban J connectivity index is 3.29. The Morgan fingerprint density at radius 1 is 1.44 bits per heavy atom. The Kier molecular flexibility index (Phi) is 3.99. The van der Waals surface area contributed by atoms with Gasteiger partial charge in [0.25, 0.3) is 0 Å². The number of carbonyl (C=O) groups is 1. The van der Waals surface area contributed by atoms with Crippen LogP contribution in [0.3, 0.4) is 0 Å². The lowest BCUT2D eigenvalue weighted by molar-refractivity contribution is -0.142. The quantitative estimate of drug-likeness (QED) is 0.743. The van der Waals surface area contributed by atoms with E-state index in [9.17, 15) is 13.6 Å². The fourth-order valence-electron chi connectivity index (χ4n) is 1.63. The summed E-state index contributed by atoms with van der Waals surface area (Å²) in [6, 6.07) is 2.51. The Hall–Kier alpha value is -1.45. The largest absolute Gasteiger partial charge is 0.469 e. The summed E-state index contributed by atoms with van der Waals surface area (Å²) in [5.74, 6) is -2.88. The molecule has 1 aromatic carbocycles. The van der Waals surface area contributed by atoms with Crippen LogP contribution in [-0.4, -0.2) is 13.1 Å². The lowest BCUT2D eigenvalue weighted by atomic mass is 9.94. The van der Waals surface area contributed by atoms with Crippen molar-refractivity contribution in [1.82, 2.24) is 0 Å². The number of halogens is 2. The molecule has 0 aliphatic carbocycles. The van der Waals surface area contributed by atoms with E-state index in [1.54, 1.807) is 6.92 Å². The molecule has 0 fully saturated rings. The number of methoxy groups -OCH3 is 1. The fourth-order valence-corrected chi connectivity index (χ4v) is 1.63. The van der Waals surface area contributed by atoms with E-state index >= 15 is 0 Å². The van der Waals surface area contributed by atoms with Crippen LogP contribution < -0.4 is 0 Å². The maximum absolute atomic E-state index is 13.7. The topological polar surface area (TPSA) is 26.3 Å². The third-order valence-corrected chi connectivity index (χ3v) is 2.56. The minimum absolute atomic E-state index is 0.200. The lowest BCUT2D eigenvalue weighted by Crippen LogP contribution is -2.17. The number of hydrogen-bond acceptors (Lipinski definition) is 2. The maximum Gasteiger partial charge on any atom is 0.313 e. The summed E-state index contributed by atoms with van der Waals surface area (Å²) in [7, 11) is 1.20. The molecule has 0 radical (unpaired) electrons. The molecule has 0 aliphatic heterocycles. The highest BCUT2D eigenvalue weighted by atomic mass is 19.1. The first kappa shape index (κ1) is 12.6. The van der Waals surface area contributed by atoms with Crippen molar-refractivity contribution < 1.29 is 18.3 Å². The van der Waals surface area contributed by atoms with Gasteiger partial charge in [0.15, 0.2) is 0 Å². The van der Waals surface area contributed by atoms with E-state index in [1.165, 1.54) is 26.2 Å².